The average molecular weight is 764 g/mol. The van der Waals surface area contributed by atoms with Crippen molar-refractivity contribution >= 4 is 85.0 Å². The van der Waals surface area contributed by atoms with E-state index >= 15 is 0 Å². The van der Waals surface area contributed by atoms with Gasteiger partial charge in [-0.1, -0.05) is 115 Å². The van der Waals surface area contributed by atoms with E-state index in [0.717, 1.165) is 44.2 Å². The maximum absolute atomic E-state index is 6.54. The van der Waals surface area contributed by atoms with E-state index in [1.54, 1.807) is 0 Å². The van der Waals surface area contributed by atoms with E-state index in [9.17, 15) is 0 Å². The van der Waals surface area contributed by atoms with Crippen LogP contribution in [0.15, 0.2) is 180 Å². The third-order valence-corrected chi connectivity index (χ3v) is 13.3. The SMILES string of the molecule is c1ccc(-c2nc(-c3ccccc3)nc(-c3ccc4c(c3)oc3ccc(-c5cc(-c6ccc7sc8ccccc8c7c6)c6sc7ccccc7c6c5)cc34)n2)cc1. The Kier molecular flexibility index (Phi) is 7.24. The number of hydrogen-bond donors (Lipinski definition) is 0. The molecule has 0 atom stereocenters. The molecule has 0 N–H and O–H groups in total. The van der Waals surface area contributed by atoms with Crippen LogP contribution < -0.4 is 0 Å². The first kappa shape index (κ1) is 32.3. The van der Waals surface area contributed by atoms with Crippen molar-refractivity contribution in [3.8, 4) is 56.4 Å². The molecule has 0 aliphatic heterocycles. The van der Waals surface area contributed by atoms with Gasteiger partial charge in [-0.3, -0.25) is 0 Å². The van der Waals surface area contributed by atoms with Gasteiger partial charge in [0.2, 0.25) is 0 Å². The largest absolute Gasteiger partial charge is 0.456 e. The van der Waals surface area contributed by atoms with Gasteiger partial charge in [-0.2, -0.15) is 0 Å². The summed E-state index contributed by atoms with van der Waals surface area (Å²) in [5.74, 6) is 1.86. The Balaban J connectivity index is 1.000. The third-order valence-electron chi connectivity index (χ3n) is 10.9. The first-order valence-electron chi connectivity index (χ1n) is 18.9. The van der Waals surface area contributed by atoms with Gasteiger partial charge >= 0.3 is 0 Å². The van der Waals surface area contributed by atoms with Crippen molar-refractivity contribution in [2.75, 3.05) is 0 Å². The molecule has 0 saturated heterocycles. The molecule has 266 valence electrons. The van der Waals surface area contributed by atoms with Crippen molar-refractivity contribution in [1.29, 1.82) is 0 Å². The Morgan fingerprint density at radius 1 is 0.316 bits per heavy atom. The zero-order valence-electron chi connectivity index (χ0n) is 30.3. The predicted octanol–water partition coefficient (Wildman–Crippen LogP) is 14.8. The van der Waals surface area contributed by atoms with Gasteiger partial charge in [0.15, 0.2) is 17.5 Å². The lowest BCUT2D eigenvalue weighted by Crippen LogP contribution is -2.00. The molecular weight excluding hydrogens is 735 g/mol. The summed E-state index contributed by atoms with van der Waals surface area (Å²) in [5, 5.41) is 7.31. The first-order valence-corrected chi connectivity index (χ1v) is 20.5. The summed E-state index contributed by atoms with van der Waals surface area (Å²) in [5.41, 5.74) is 9.19. The number of nitrogens with zero attached hydrogens (tertiary/aromatic N) is 3. The van der Waals surface area contributed by atoms with Crippen LogP contribution >= 0.6 is 22.7 Å². The molecule has 0 aliphatic carbocycles. The van der Waals surface area contributed by atoms with Crippen molar-refractivity contribution in [3.05, 3.63) is 176 Å². The van der Waals surface area contributed by atoms with E-state index in [-0.39, 0.29) is 0 Å². The minimum atomic E-state index is 0.600. The van der Waals surface area contributed by atoms with Crippen LogP contribution in [0.1, 0.15) is 0 Å². The molecule has 0 unspecified atom stereocenters. The van der Waals surface area contributed by atoms with Gasteiger partial charge in [0.25, 0.3) is 0 Å². The Bertz CT molecular complexity index is 3470. The van der Waals surface area contributed by atoms with Crippen molar-refractivity contribution in [3.63, 3.8) is 0 Å². The molecule has 0 fully saturated rings. The van der Waals surface area contributed by atoms with Gasteiger partial charge in [-0.25, -0.2) is 15.0 Å². The minimum absolute atomic E-state index is 0.600. The van der Waals surface area contributed by atoms with Crippen LogP contribution in [0.25, 0.3) is 119 Å². The first-order chi connectivity index (χ1) is 28.2. The Hall–Kier alpha value is -6.99. The summed E-state index contributed by atoms with van der Waals surface area (Å²) in [7, 11) is 0. The maximum atomic E-state index is 6.54. The highest BCUT2D eigenvalue weighted by Gasteiger charge is 2.18. The molecule has 57 heavy (non-hydrogen) atoms. The molecular formula is C51H29N3OS2. The van der Waals surface area contributed by atoms with Crippen molar-refractivity contribution in [2.45, 2.75) is 0 Å². The summed E-state index contributed by atoms with van der Waals surface area (Å²) in [6.45, 7) is 0. The summed E-state index contributed by atoms with van der Waals surface area (Å²) in [6, 6.07) is 62.2. The summed E-state index contributed by atoms with van der Waals surface area (Å²) >= 11 is 3.73. The highest BCUT2D eigenvalue weighted by atomic mass is 32.1. The van der Waals surface area contributed by atoms with Crippen molar-refractivity contribution in [1.82, 2.24) is 15.0 Å². The molecule has 4 heterocycles. The summed E-state index contributed by atoms with van der Waals surface area (Å²) < 4.78 is 11.8. The topological polar surface area (TPSA) is 51.8 Å². The van der Waals surface area contributed by atoms with Crippen LogP contribution in [0.5, 0.6) is 0 Å². The van der Waals surface area contributed by atoms with E-state index in [4.69, 9.17) is 19.4 Å². The smallest absolute Gasteiger partial charge is 0.164 e. The lowest BCUT2D eigenvalue weighted by atomic mass is 9.94. The number of benzene rings is 8. The molecule has 8 aromatic carbocycles. The highest BCUT2D eigenvalue weighted by molar-refractivity contribution is 7.26. The molecule has 0 saturated carbocycles. The molecule has 0 bridgehead atoms. The fourth-order valence-corrected chi connectivity index (χ4v) is 10.4. The average Bonchev–Trinajstić information content (AvgIpc) is 3.97. The number of hydrogen-bond acceptors (Lipinski definition) is 6. The molecule has 12 aromatic rings. The number of rotatable bonds is 5. The fraction of sp³-hybridized carbons (Fsp3) is 0. The second kappa shape index (κ2) is 12.8. The Labute approximate surface area is 335 Å². The van der Waals surface area contributed by atoms with Crippen LogP contribution in [0, 0.1) is 0 Å². The second-order valence-electron chi connectivity index (χ2n) is 14.4. The molecule has 0 spiro atoms. The fourth-order valence-electron chi connectivity index (χ4n) is 8.14. The van der Waals surface area contributed by atoms with Gasteiger partial charge < -0.3 is 4.42 Å². The number of furan rings is 1. The molecule has 12 rings (SSSR count). The highest BCUT2D eigenvalue weighted by Crippen LogP contribution is 2.45. The quantitative estimate of drug-likeness (QED) is 0.175. The zero-order valence-corrected chi connectivity index (χ0v) is 31.9. The van der Waals surface area contributed by atoms with Crippen LogP contribution in [-0.4, -0.2) is 15.0 Å². The minimum Gasteiger partial charge on any atom is -0.456 e. The molecule has 4 aromatic heterocycles. The lowest BCUT2D eigenvalue weighted by molar-refractivity contribution is 0.669. The molecule has 4 nitrogen and oxygen atoms in total. The number of fused-ring (bicyclic) bond motifs is 9. The van der Waals surface area contributed by atoms with E-state index < -0.39 is 0 Å². The summed E-state index contributed by atoms with van der Waals surface area (Å²) in [4.78, 5) is 14.8. The number of thiophene rings is 2. The van der Waals surface area contributed by atoms with Gasteiger partial charge in [0, 0.05) is 73.4 Å². The van der Waals surface area contributed by atoms with E-state index in [0.29, 0.717) is 17.5 Å². The van der Waals surface area contributed by atoms with E-state index in [1.807, 2.05) is 83.3 Å². The van der Waals surface area contributed by atoms with Gasteiger partial charge in [-0.05, 0) is 77.4 Å². The van der Waals surface area contributed by atoms with Gasteiger partial charge in [-0.15, -0.1) is 22.7 Å². The van der Waals surface area contributed by atoms with Crippen LogP contribution in [0.4, 0.5) is 0 Å². The zero-order chi connectivity index (χ0) is 37.5. The molecule has 0 aliphatic rings. The van der Waals surface area contributed by atoms with Crippen LogP contribution in [0.3, 0.4) is 0 Å². The molecule has 6 heteroatoms. The third kappa shape index (κ3) is 5.37. The Morgan fingerprint density at radius 2 is 0.877 bits per heavy atom. The molecule has 0 amide bonds. The maximum Gasteiger partial charge on any atom is 0.164 e. The normalized spacial score (nSPS) is 11.9. The summed E-state index contributed by atoms with van der Waals surface area (Å²) in [6.07, 6.45) is 0. The Morgan fingerprint density at radius 3 is 1.61 bits per heavy atom. The second-order valence-corrected chi connectivity index (χ2v) is 16.5. The number of aromatic nitrogens is 3. The molecule has 0 radical (unpaired) electrons. The van der Waals surface area contributed by atoms with Crippen LogP contribution in [0.2, 0.25) is 0 Å². The van der Waals surface area contributed by atoms with Gasteiger partial charge in [0.05, 0.1) is 0 Å². The van der Waals surface area contributed by atoms with Crippen LogP contribution in [-0.2, 0) is 0 Å². The predicted molar refractivity (Wildman–Crippen MR) is 240 cm³/mol. The van der Waals surface area contributed by atoms with Gasteiger partial charge in [0.1, 0.15) is 11.2 Å². The lowest BCUT2D eigenvalue weighted by Gasteiger charge is -2.10. The standard InChI is InChI=1S/C51H29N3OS2/c1-3-11-30(12-4-1)49-52-50(31-13-5-2-6-14-31)54-51(53-49)34-19-22-36-40-25-32(20-23-43(40)55-44(36)29-34)35-27-39(48-42(28-35)38-16-8-10-18-46(38)57-48)33-21-24-47-41(26-33)37-15-7-9-17-45(37)56-47/h1-29H. The van der Waals surface area contributed by atoms with Crippen molar-refractivity contribution < 1.29 is 4.42 Å². The van der Waals surface area contributed by atoms with Crippen molar-refractivity contribution in [2.24, 2.45) is 0 Å². The van der Waals surface area contributed by atoms with E-state index in [2.05, 4.69) is 115 Å². The van der Waals surface area contributed by atoms with E-state index in [1.165, 1.54) is 57.0 Å². The monoisotopic (exact) mass is 763 g/mol.